The Hall–Kier alpha value is -1.66. The van der Waals surface area contributed by atoms with E-state index in [1.165, 1.54) is 11.3 Å². The van der Waals surface area contributed by atoms with Gasteiger partial charge in [0.15, 0.2) is 0 Å². The summed E-state index contributed by atoms with van der Waals surface area (Å²) in [6, 6.07) is 6.05. The number of nitrogens with zero attached hydrogens (tertiary/aromatic N) is 1. The van der Waals surface area contributed by atoms with E-state index in [2.05, 4.69) is 16.4 Å². The molecular formula is C14H14N2O2S2. The van der Waals surface area contributed by atoms with Crippen LogP contribution in [0.4, 0.5) is 9.80 Å². The van der Waals surface area contributed by atoms with Crippen LogP contribution in [0.25, 0.3) is 20.3 Å². The Kier molecular flexibility index (Phi) is 3.14. The highest BCUT2D eigenvalue weighted by Crippen LogP contribution is 2.36. The molecule has 2 aromatic heterocycles. The van der Waals surface area contributed by atoms with Crippen LogP contribution in [0.1, 0.15) is 20.8 Å². The number of hydrogen-bond acceptors (Lipinski definition) is 5. The predicted octanol–water partition coefficient (Wildman–Crippen LogP) is 4.86. The SMILES string of the molecule is CC(C)(C)OC(=O)Nc1cc2ccc3scnc3c2s1. The van der Waals surface area contributed by atoms with Gasteiger partial charge in [-0.25, -0.2) is 9.78 Å². The summed E-state index contributed by atoms with van der Waals surface area (Å²) in [7, 11) is 0. The van der Waals surface area contributed by atoms with Crippen molar-refractivity contribution in [1.82, 2.24) is 4.98 Å². The van der Waals surface area contributed by atoms with E-state index in [9.17, 15) is 4.79 Å². The summed E-state index contributed by atoms with van der Waals surface area (Å²) >= 11 is 3.13. The minimum Gasteiger partial charge on any atom is -0.444 e. The number of fused-ring (bicyclic) bond motifs is 3. The first kappa shape index (κ1) is 13.3. The summed E-state index contributed by atoms with van der Waals surface area (Å²) in [5, 5.41) is 4.63. The molecule has 20 heavy (non-hydrogen) atoms. The van der Waals surface area contributed by atoms with Crippen LogP contribution in [0.5, 0.6) is 0 Å². The fourth-order valence-corrected chi connectivity index (χ4v) is 3.68. The lowest BCUT2D eigenvalue weighted by atomic mass is 10.2. The van der Waals surface area contributed by atoms with E-state index >= 15 is 0 Å². The number of anilines is 1. The maximum atomic E-state index is 11.8. The number of aromatic nitrogens is 1. The lowest BCUT2D eigenvalue weighted by Crippen LogP contribution is -2.26. The number of benzene rings is 1. The van der Waals surface area contributed by atoms with Crippen LogP contribution in [-0.2, 0) is 4.74 Å². The van der Waals surface area contributed by atoms with Gasteiger partial charge >= 0.3 is 6.09 Å². The van der Waals surface area contributed by atoms with Gasteiger partial charge in [-0.2, -0.15) is 0 Å². The fourth-order valence-electron chi connectivity index (χ4n) is 1.89. The maximum Gasteiger partial charge on any atom is 0.412 e. The van der Waals surface area contributed by atoms with Crippen molar-refractivity contribution < 1.29 is 9.53 Å². The summed E-state index contributed by atoms with van der Waals surface area (Å²) in [6.45, 7) is 5.53. The number of thiophene rings is 1. The molecule has 0 saturated heterocycles. The second kappa shape index (κ2) is 4.71. The van der Waals surface area contributed by atoms with Crippen molar-refractivity contribution in [2.24, 2.45) is 0 Å². The summed E-state index contributed by atoms with van der Waals surface area (Å²) in [4.78, 5) is 16.2. The van der Waals surface area contributed by atoms with E-state index in [-0.39, 0.29) is 0 Å². The Balaban J connectivity index is 1.91. The molecule has 0 atom stereocenters. The third kappa shape index (κ3) is 2.62. The molecular weight excluding hydrogens is 292 g/mol. The number of hydrogen-bond donors (Lipinski definition) is 1. The quantitative estimate of drug-likeness (QED) is 0.698. The Morgan fingerprint density at radius 3 is 2.90 bits per heavy atom. The first-order valence-electron chi connectivity index (χ1n) is 6.18. The van der Waals surface area contributed by atoms with Crippen LogP contribution in [0.2, 0.25) is 0 Å². The first-order valence-corrected chi connectivity index (χ1v) is 7.88. The molecule has 0 bridgehead atoms. The molecule has 0 unspecified atom stereocenters. The second-order valence-corrected chi connectivity index (χ2v) is 7.36. The van der Waals surface area contributed by atoms with Gasteiger partial charge in [-0.3, -0.25) is 5.32 Å². The van der Waals surface area contributed by atoms with Crippen LogP contribution >= 0.6 is 22.7 Å². The normalized spacial score (nSPS) is 11.9. The zero-order valence-corrected chi connectivity index (χ0v) is 13.0. The van der Waals surface area contributed by atoms with Crippen molar-refractivity contribution >= 4 is 54.1 Å². The highest BCUT2D eigenvalue weighted by molar-refractivity contribution is 7.24. The third-order valence-corrected chi connectivity index (χ3v) is 4.48. The first-order chi connectivity index (χ1) is 9.42. The molecule has 0 aliphatic rings. The smallest absolute Gasteiger partial charge is 0.412 e. The second-order valence-electron chi connectivity index (χ2n) is 5.42. The molecule has 0 aliphatic carbocycles. The molecule has 4 nitrogen and oxygen atoms in total. The van der Waals surface area contributed by atoms with E-state index in [0.717, 1.165) is 25.3 Å². The van der Waals surface area contributed by atoms with Crippen molar-refractivity contribution in [3.8, 4) is 0 Å². The molecule has 0 fully saturated rings. The van der Waals surface area contributed by atoms with Crippen LogP contribution < -0.4 is 5.32 Å². The monoisotopic (exact) mass is 306 g/mol. The minimum absolute atomic E-state index is 0.432. The van der Waals surface area contributed by atoms with Gasteiger partial charge in [0.2, 0.25) is 0 Å². The van der Waals surface area contributed by atoms with Gasteiger partial charge < -0.3 is 4.74 Å². The molecule has 3 rings (SSSR count). The number of amides is 1. The molecule has 0 saturated carbocycles. The average Bonchev–Trinajstić information content (AvgIpc) is 2.89. The topological polar surface area (TPSA) is 51.2 Å². The number of rotatable bonds is 1. The Labute approximate surface area is 124 Å². The van der Waals surface area contributed by atoms with Crippen LogP contribution in [-0.4, -0.2) is 16.7 Å². The molecule has 1 N–H and O–H groups in total. The minimum atomic E-state index is -0.497. The predicted molar refractivity (Wildman–Crippen MR) is 84.9 cm³/mol. The van der Waals surface area contributed by atoms with Crippen molar-refractivity contribution in [2.45, 2.75) is 26.4 Å². The Bertz CT molecular complexity index is 783. The van der Waals surface area contributed by atoms with E-state index in [0.29, 0.717) is 0 Å². The molecule has 104 valence electrons. The van der Waals surface area contributed by atoms with E-state index in [1.807, 2.05) is 38.4 Å². The van der Waals surface area contributed by atoms with E-state index in [1.54, 1.807) is 11.3 Å². The van der Waals surface area contributed by atoms with Crippen molar-refractivity contribution in [2.75, 3.05) is 5.32 Å². The van der Waals surface area contributed by atoms with E-state index < -0.39 is 11.7 Å². The standard InChI is InChI=1S/C14H14N2O2S2/c1-14(2,3)18-13(17)16-10-6-8-4-5-9-11(12(8)20-10)15-7-19-9/h4-7H,1-3H3,(H,16,17). The van der Waals surface area contributed by atoms with Crippen molar-refractivity contribution in [1.29, 1.82) is 0 Å². The van der Waals surface area contributed by atoms with E-state index in [4.69, 9.17) is 4.74 Å². The third-order valence-electron chi connectivity index (χ3n) is 2.61. The molecule has 1 aromatic carbocycles. The lowest BCUT2D eigenvalue weighted by Gasteiger charge is -2.19. The van der Waals surface area contributed by atoms with Crippen molar-refractivity contribution in [3.63, 3.8) is 0 Å². The molecule has 0 radical (unpaired) electrons. The molecule has 1 amide bonds. The van der Waals surface area contributed by atoms with Gasteiger partial charge in [-0.15, -0.1) is 22.7 Å². The molecule has 0 aliphatic heterocycles. The fraction of sp³-hybridized carbons (Fsp3) is 0.286. The lowest BCUT2D eigenvalue weighted by molar-refractivity contribution is 0.0636. The highest BCUT2D eigenvalue weighted by atomic mass is 32.1. The summed E-state index contributed by atoms with van der Waals surface area (Å²) < 4.78 is 7.50. The van der Waals surface area contributed by atoms with Crippen LogP contribution in [0, 0.1) is 0 Å². The maximum absolute atomic E-state index is 11.8. The van der Waals surface area contributed by atoms with Gasteiger partial charge in [0.1, 0.15) is 5.60 Å². The molecule has 3 aromatic rings. The zero-order valence-electron chi connectivity index (χ0n) is 11.4. The van der Waals surface area contributed by atoms with Crippen LogP contribution in [0.3, 0.4) is 0 Å². The number of nitrogens with one attached hydrogen (secondary N) is 1. The number of thiazole rings is 1. The highest BCUT2D eigenvalue weighted by Gasteiger charge is 2.17. The van der Waals surface area contributed by atoms with Crippen molar-refractivity contribution in [3.05, 3.63) is 23.7 Å². The number of ether oxygens (including phenoxy) is 1. The summed E-state index contributed by atoms with van der Waals surface area (Å²) in [6.07, 6.45) is -0.432. The zero-order chi connectivity index (χ0) is 14.3. The van der Waals surface area contributed by atoms with Gasteiger partial charge in [-0.05, 0) is 38.3 Å². The number of carbonyl (C=O) groups is 1. The molecule has 6 heteroatoms. The average molecular weight is 306 g/mol. The Morgan fingerprint density at radius 1 is 1.35 bits per heavy atom. The number of carbonyl (C=O) groups excluding carboxylic acids is 1. The summed E-state index contributed by atoms with van der Waals surface area (Å²) in [5.74, 6) is 0. The van der Waals surface area contributed by atoms with Gasteiger partial charge in [0.25, 0.3) is 0 Å². The van der Waals surface area contributed by atoms with Gasteiger partial charge in [0, 0.05) is 0 Å². The largest absolute Gasteiger partial charge is 0.444 e. The summed E-state index contributed by atoms with van der Waals surface area (Å²) in [5.41, 5.74) is 2.34. The van der Waals surface area contributed by atoms with Crippen LogP contribution in [0.15, 0.2) is 23.7 Å². The molecule has 0 spiro atoms. The molecule has 2 heterocycles. The van der Waals surface area contributed by atoms with Gasteiger partial charge in [0.05, 0.1) is 25.4 Å². The van der Waals surface area contributed by atoms with Gasteiger partial charge in [-0.1, -0.05) is 6.07 Å². The Morgan fingerprint density at radius 2 is 2.15 bits per heavy atom.